The van der Waals surface area contributed by atoms with Gasteiger partial charge in [-0.15, -0.1) is 0 Å². The summed E-state index contributed by atoms with van der Waals surface area (Å²) in [7, 11) is 0. The smallest absolute Gasteiger partial charge is 0.185 e. The van der Waals surface area contributed by atoms with E-state index in [0.29, 0.717) is 41.5 Å². The van der Waals surface area contributed by atoms with Crippen LogP contribution in [0.2, 0.25) is 0 Å². The molecule has 0 saturated heterocycles. The zero-order valence-corrected chi connectivity index (χ0v) is 15.6. The van der Waals surface area contributed by atoms with Gasteiger partial charge in [-0.2, -0.15) is 5.26 Å². The van der Waals surface area contributed by atoms with Gasteiger partial charge in [0.05, 0.1) is 12.7 Å². The van der Waals surface area contributed by atoms with Gasteiger partial charge in [-0.25, -0.2) is 0 Å². The minimum atomic E-state index is -0.108. The molecule has 27 heavy (non-hydrogen) atoms. The maximum atomic E-state index is 12.3. The van der Waals surface area contributed by atoms with Crippen LogP contribution < -0.4 is 9.47 Å². The largest absolute Gasteiger partial charge is 0.494 e. The molecule has 0 aliphatic carbocycles. The van der Waals surface area contributed by atoms with Gasteiger partial charge in [0.2, 0.25) is 0 Å². The van der Waals surface area contributed by atoms with Crippen LogP contribution in [-0.4, -0.2) is 19.0 Å². The third-order valence-corrected chi connectivity index (χ3v) is 3.63. The Morgan fingerprint density at radius 1 is 1.15 bits per heavy atom. The molecule has 5 heteroatoms. The Bertz CT molecular complexity index is 851. The quantitative estimate of drug-likeness (QED) is 0.314. The van der Waals surface area contributed by atoms with Crippen molar-refractivity contribution in [3.63, 3.8) is 0 Å². The van der Waals surface area contributed by atoms with Gasteiger partial charge in [0.25, 0.3) is 0 Å². The van der Waals surface area contributed by atoms with Gasteiger partial charge in [-0.3, -0.25) is 4.79 Å². The molecule has 4 nitrogen and oxygen atoms in total. The molecule has 0 aromatic heterocycles. The molecule has 0 atom stereocenters. The second-order valence-corrected chi connectivity index (χ2v) is 6.25. The van der Waals surface area contributed by atoms with Crippen molar-refractivity contribution in [3.05, 3.63) is 77.3 Å². The second-order valence-electron chi connectivity index (χ2n) is 5.71. The number of ether oxygens (including phenoxy) is 2. The molecular formula is C22H20ClNO3. The molecule has 0 fully saturated rings. The molecule has 0 amide bonds. The van der Waals surface area contributed by atoms with E-state index < -0.39 is 0 Å². The molecule has 0 saturated carbocycles. The molecule has 0 radical (unpaired) electrons. The van der Waals surface area contributed by atoms with Gasteiger partial charge in [0.15, 0.2) is 5.78 Å². The highest BCUT2D eigenvalue weighted by molar-refractivity contribution is 6.29. The van der Waals surface area contributed by atoms with E-state index in [-0.39, 0.29) is 12.4 Å². The molecule has 138 valence electrons. The molecule has 0 bridgehead atoms. The molecule has 0 aliphatic rings. The number of carbonyl (C=O) groups excluding carboxylic acids is 1. The minimum Gasteiger partial charge on any atom is -0.494 e. The summed E-state index contributed by atoms with van der Waals surface area (Å²) in [6.45, 7) is 4.27. The zero-order chi connectivity index (χ0) is 19.5. The number of hydrogen-bond acceptors (Lipinski definition) is 4. The fourth-order valence-electron chi connectivity index (χ4n) is 2.19. The molecular weight excluding hydrogens is 362 g/mol. The number of allylic oxidation sites excluding steroid dienone is 1. The summed E-state index contributed by atoms with van der Waals surface area (Å²) in [6.07, 6.45) is 4.42. The lowest BCUT2D eigenvalue weighted by Gasteiger charge is -2.05. The van der Waals surface area contributed by atoms with Crippen LogP contribution in [-0.2, 0) is 0 Å². The molecule has 2 rings (SSSR count). The molecule has 0 unspecified atom stereocenters. The summed E-state index contributed by atoms with van der Waals surface area (Å²) >= 11 is 5.66. The molecule has 0 aliphatic heterocycles. The van der Waals surface area contributed by atoms with Crippen LogP contribution in [0.3, 0.4) is 0 Å². The highest BCUT2D eigenvalue weighted by atomic mass is 35.5. The lowest BCUT2D eigenvalue weighted by molar-refractivity contribution is 0.104. The highest BCUT2D eigenvalue weighted by Gasteiger charge is 2.03. The van der Waals surface area contributed by atoms with Crippen LogP contribution in [0.5, 0.6) is 11.5 Å². The van der Waals surface area contributed by atoms with E-state index in [2.05, 4.69) is 12.6 Å². The first kappa shape index (κ1) is 20.3. The average Bonchev–Trinajstić information content (AvgIpc) is 2.68. The summed E-state index contributed by atoms with van der Waals surface area (Å²) in [5.74, 6) is 1.23. The van der Waals surface area contributed by atoms with Crippen LogP contribution >= 0.6 is 11.6 Å². The Labute approximate surface area is 164 Å². The normalized spacial score (nSPS) is 10.4. The Kier molecular flexibility index (Phi) is 8.15. The monoisotopic (exact) mass is 381 g/mol. The topological polar surface area (TPSA) is 59.3 Å². The summed E-state index contributed by atoms with van der Waals surface area (Å²) in [4.78, 5) is 12.3. The Morgan fingerprint density at radius 3 is 2.63 bits per heavy atom. The van der Waals surface area contributed by atoms with Crippen LogP contribution in [0.4, 0.5) is 0 Å². The summed E-state index contributed by atoms with van der Waals surface area (Å²) < 4.78 is 11.0. The van der Waals surface area contributed by atoms with E-state index in [9.17, 15) is 4.79 Å². The SMILES string of the molecule is C=C(Cl)COc1ccc(C(=O)/C=C/c2cccc(OCCCC#N)c2)cc1. The minimum absolute atomic E-state index is 0.108. The number of nitriles is 1. The highest BCUT2D eigenvalue weighted by Crippen LogP contribution is 2.17. The molecule has 0 spiro atoms. The van der Waals surface area contributed by atoms with Crippen LogP contribution in [0.15, 0.2) is 66.2 Å². The number of hydrogen-bond donors (Lipinski definition) is 0. The van der Waals surface area contributed by atoms with Gasteiger partial charge in [0.1, 0.15) is 18.1 Å². The second kappa shape index (κ2) is 10.8. The van der Waals surface area contributed by atoms with Crippen molar-refractivity contribution in [1.82, 2.24) is 0 Å². The maximum Gasteiger partial charge on any atom is 0.185 e. The maximum absolute atomic E-state index is 12.3. The molecule has 2 aromatic carbocycles. The number of nitrogens with zero attached hydrogens (tertiary/aromatic N) is 1. The number of rotatable bonds is 10. The van der Waals surface area contributed by atoms with Crippen LogP contribution in [0.25, 0.3) is 6.08 Å². The molecule has 2 aromatic rings. The first-order valence-corrected chi connectivity index (χ1v) is 8.84. The molecule has 0 heterocycles. The van der Waals surface area contributed by atoms with Gasteiger partial charge in [0, 0.05) is 17.0 Å². The van der Waals surface area contributed by atoms with E-state index in [0.717, 1.165) is 5.56 Å². The van der Waals surface area contributed by atoms with E-state index in [4.69, 9.17) is 26.3 Å². The van der Waals surface area contributed by atoms with E-state index in [1.54, 1.807) is 30.3 Å². The predicted molar refractivity (Wildman–Crippen MR) is 107 cm³/mol. The Balaban J connectivity index is 1.94. The third kappa shape index (κ3) is 7.39. The van der Waals surface area contributed by atoms with Gasteiger partial charge < -0.3 is 9.47 Å². The fourth-order valence-corrected chi connectivity index (χ4v) is 2.25. The summed E-state index contributed by atoms with van der Waals surface area (Å²) in [5.41, 5.74) is 1.42. The first-order chi connectivity index (χ1) is 13.1. The Morgan fingerprint density at radius 2 is 1.93 bits per heavy atom. The number of halogens is 1. The third-order valence-electron chi connectivity index (χ3n) is 3.52. The van der Waals surface area contributed by atoms with E-state index in [1.165, 1.54) is 6.08 Å². The van der Waals surface area contributed by atoms with E-state index in [1.807, 2.05) is 24.3 Å². The van der Waals surface area contributed by atoms with E-state index >= 15 is 0 Å². The van der Waals surface area contributed by atoms with Gasteiger partial charge in [-0.05, 0) is 54.5 Å². The van der Waals surface area contributed by atoms with Crippen molar-refractivity contribution in [2.45, 2.75) is 12.8 Å². The lowest BCUT2D eigenvalue weighted by Crippen LogP contribution is -1.98. The van der Waals surface area contributed by atoms with Crippen LogP contribution in [0.1, 0.15) is 28.8 Å². The molecule has 0 N–H and O–H groups in total. The van der Waals surface area contributed by atoms with Gasteiger partial charge in [-0.1, -0.05) is 36.4 Å². The average molecular weight is 382 g/mol. The predicted octanol–water partition coefficient (Wildman–Crippen LogP) is 5.40. The van der Waals surface area contributed by atoms with Crippen molar-refractivity contribution in [2.75, 3.05) is 13.2 Å². The zero-order valence-electron chi connectivity index (χ0n) is 14.9. The van der Waals surface area contributed by atoms with Crippen molar-refractivity contribution >= 4 is 23.5 Å². The van der Waals surface area contributed by atoms with Gasteiger partial charge >= 0.3 is 0 Å². The number of carbonyl (C=O) groups is 1. The summed E-state index contributed by atoms with van der Waals surface area (Å²) in [5, 5.41) is 8.94. The summed E-state index contributed by atoms with van der Waals surface area (Å²) in [6, 6.07) is 16.4. The van der Waals surface area contributed by atoms with Crippen molar-refractivity contribution in [2.24, 2.45) is 0 Å². The number of benzene rings is 2. The van der Waals surface area contributed by atoms with Crippen LogP contribution in [0, 0.1) is 11.3 Å². The lowest BCUT2D eigenvalue weighted by atomic mass is 10.1. The Hall–Kier alpha value is -3.03. The number of ketones is 1. The fraction of sp³-hybridized carbons (Fsp3) is 0.182. The van der Waals surface area contributed by atoms with Crippen molar-refractivity contribution in [1.29, 1.82) is 5.26 Å². The first-order valence-electron chi connectivity index (χ1n) is 8.47. The van der Waals surface area contributed by atoms with Crippen molar-refractivity contribution in [3.8, 4) is 17.6 Å². The van der Waals surface area contributed by atoms with Crippen molar-refractivity contribution < 1.29 is 14.3 Å². The standard InChI is InChI=1S/C22H20ClNO3/c1-17(23)16-27-20-10-8-19(9-11-20)22(25)12-7-18-5-4-6-21(15-18)26-14-3-2-13-24/h4-12,15H,1-3,14,16H2/b12-7+. The number of unbranched alkanes of at least 4 members (excludes halogenated alkanes) is 1.